The highest BCUT2D eigenvalue weighted by molar-refractivity contribution is 5.18. The Bertz CT molecular complexity index is 332. The quantitative estimate of drug-likeness (QED) is 0.715. The summed E-state index contributed by atoms with van der Waals surface area (Å²) in [6, 6.07) is 1.67. The van der Waals surface area contributed by atoms with Crippen molar-refractivity contribution in [3.63, 3.8) is 0 Å². The SMILES string of the molecule is c1cc(Oc2cn[nH]c2)ncn1. The third kappa shape index (κ3) is 1.39. The average Bonchev–Trinajstić information content (AvgIpc) is 2.59. The number of aromatic amines is 1. The first kappa shape index (κ1) is 6.78. The maximum absolute atomic E-state index is 5.27. The van der Waals surface area contributed by atoms with Crippen LogP contribution in [-0.2, 0) is 0 Å². The van der Waals surface area contributed by atoms with Gasteiger partial charge in [-0.1, -0.05) is 0 Å². The van der Waals surface area contributed by atoms with Gasteiger partial charge in [0.1, 0.15) is 6.33 Å². The van der Waals surface area contributed by atoms with Gasteiger partial charge in [-0.2, -0.15) is 5.10 Å². The van der Waals surface area contributed by atoms with Gasteiger partial charge in [0.25, 0.3) is 0 Å². The Labute approximate surface area is 68.4 Å². The fourth-order valence-electron chi connectivity index (χ4n) is 0.755. The van der Waals surface area contributed by atoms with Crippen LogP contribution in [0, 0.1) is 0 Å². The van der Waals surface area contributed by atoms with Crippen molar-refractivity contribution < 1.29 is 4.74 Å². The first-order valence-corrected chi connectivity index (χ1v) is 3.38. The second-order valence-corrected chi connectivity index (χ2v) is 2.08. The number of hydrogen-bond acceptors (Lipinski definition) is 4. The Balaban J connectivity index is 2.15. The molecule has 0 bridgehead atoms. The van der Waals surface area contributed by atoms with Gasteiger partial charge in [-0.3, -0.25) is 5.10 Å². The summed E-state index contributed by atoms with van der Waals surface area (Å²) in [5.41, 5.74) is 0. The van der Waals surface area contributed by atoms with Crippen LogP contribution in [0.2, 0.25) is 0 Å². The summed E-state index contributed by atoms with van der Waals surface area (Å²) < 4.78 is 5.27. The molecule has 0 fully saturated rings. The molecule has 1 N–H and O–H groups in total. The van der Waals surface area contributed by atoms with Crippen molar-refractivity contribution in [2.24, 2.45) is 0 Å². The van der Waals surface area contributed by atoms with E-state index in [0.717, 1.165) is 0 Å². The van der Waals surface area contributed by atoms with Gasteiger partial charge < -0.3 is 4.74 Å². The summed E-state index contributed by atoms with van der Waals surface area (Å²) in [5.74, 6) is 1.14. The first-order valence-electron chi connectivity index (χ1n) is 3.38. The third-order valence-corrected chi connectivity index (χ3v) is 1.25. The van der Waals surface area contributed by atoms with Gasteiger partial charge in [-0.15, -0.1) is 0 Å². The average molecular weight is 162 g/mol. The van der Waals surface area contributed by atoms with Crippen molar-refractivity contribution in [1.82, 2.24) is 20.2 Å². The zero-order valence-corrected chi connectivity index (χ0v) is 6.14. The smallest absolute Gasteiger partial charge is 0.222 e. The van der Waals surface area contributed by atoms with Crippen LogP contribution in [-0.4, -0.2) is 20.2 Å². The number of ether oxygens (including phenoxy) is 1. The molecule has 0 saturated heterocycles. The lowest BCUT2D eigenvalue weighted by Crippen LogP contribution is -1.85. The summed E-state index contributed by atoms with van der Waals surface area (Å²) in [7, 11) is 0. The Morgan fingerprint density at radius 2 is 2.42 bits per heavy atom. The summed E-state index contributed by atoms with van der Waals surface area (Å²) in [6.07, 6.45) is 6.25. The molecule has 0 amide bonds. The topological polar surface area (TPSA) is 63.7 Å². The van der Waals surface area contributed by atoms with E-state index < -0.39 is 0 Å². The molecule has 2 aromatic rings. The van der Waals surface area contributed by atoms with Gasteiger partial charge in [0.05, 0.1) is 12.4 Å². The molecule has 2 aromatic heterocycles. The van der Waals surface area contributed by atoms with Crippen LogP contribution in [0.3, 0.4) is 0 Å². The number of H-pyrrole nitrogens is 1. The van der Waals surface area contributed by atoms with E-state index in [9.17, 15) is 0 Å². The van der Waals surface area contributed by atoms with E-state index in [-0.39, 0.29) is 0 Å². The minimum atomic E-state index is 0.506. The van der Waals surface area contributed by atoms with Crippen molar-refractivity contribution in [1.29, 1.82) is 0 Å². The summed E-state index contributed by atoms with van der Waals surface area (Å²) in [4.78, 5) is 7.64. The largest absolute Gasteiger partial charge is 0.436 e. The highest BCUT2D eigenvalue weighted by Gasteiger charge is 1.96. The zero-order chi connectivity index (χ0) is 8.23. The summed E-state index contributed by atoms with van der Waals surface area (Å²) in [6.45, 7) is 0. The predicted molar refractivity (Wildman–Crippen MR) is 40.7 cm³/mol. The fourth-order valence-corrected chi connectivity index (χ4v) is 0.755. The molecule has 0 unspecified atom stereocenters. The van der Waals surface area contributed by atoms with Gasteiger partial charge in [0.2, 0.25) is 5.88 Å². The number of nitrogens with one attached hydrogen (secondary N) is 1. The van der Waals surface area contributed by atoms with Gasteiger partial charge in [-0.05, 0) is 0 Å². The molecule has 0 aromatic carbocycles. The normalized spacial score (nSPS) is 9.67. The van der Waals surface area contributed by atoms with Crippen LogP contribution in [0.15, 0.2) is 31.0 Å². The molecule has 2 heterocycles. The van der Waals surface area contributed by atoms with E-state index >= 15 is 0 Å². The van der Waals surface area contributed by atoms with Gasteiger partial charge in [-0.25, -0.2) is 9.97 Å². The lowest BCUT2D eigenvalue weighted by molar-refractivity contribution is 0.461. The van der Waals surface area contributed by atoms with E-state index in [1.807, 2.05) is 0 Å². The molecule has 5 nitrogen and oxygen atoms in total. The molecule has 12 heavy (non-hydrogen) atoms. The molecule has 0 radical (unpaired) electrons. The second-order valence-electron chi connectivity index (χ2n) is 2.08. The van der Waals surface area contributed by atoms with Crippen molar-refractivity contribution in [3.8, 4) is 11.6 Å². The molecule has 0 spiro atoms. The highest BCUT2D eigenvalue weighted by atomic mass is 16.5. The van der Waals surface area contributed by atoms with Crippen molar-refractivity contribution >= 4 is 0 Å². The van der Waals surface area contributed by atoms with Crippen molar-refractivity contribution in [2.75, 3.05) is 0 Å². The Morgan fingerprint density at radius 3 is 3.08 bits per heavy atom. The number of aromatic nitrogens is 4. The van der Waals surface area contributed by atoms with Gasteiger partial charge in [0, 0.05) is 12.3 Å². The molecule has 5 heteroatoms. The Morgan fingerprint density at radius 1 is 1.42 bits per heavy atom. The van der Waals surface area contributed by atoms with Crippen LogP contribution in [0.4, 0.5) is 0 Å². The monoisotopic (exact) mass is 162 g/mol. The third-order valence-electron chi connectivity index (χ3n) is 1.25. The van der Waals surface area contributed by atoms with E-state index in [1.165, 1.54) is 6.33 Å². The minimum absolute atomic E-state index is 0.506. The molecule has 0 aliphatic heterocycles. The van der Waals surface area contributed by atoms with Gasteiger partial charge >= 0.3 is 0 Å². The van der Waals surface area contributed by atoms with E-state index in [4.69, 9.17) is 4.74 Å². The number of nitrogens with zero attached hydrogens (tertiary/aromatic N) is 3. The standard InChI is InChI=1S/C7H6N4O/c1-2-8-5-9-7(1)12-6-3-10-11-4-6/h1-5H,(H,10,11). The van der Waals surface area contributed by atoms with Crippen LogP contribution in [0.1, 0.15) is 0 Å². The molecular weight excluding hydrogens is 156 g/mol. The van der Waals surface area contributed by atoms with Crippen LogP contribution >= 0.6 is 0 Å². The second kappa shape index (κ2) is 3.00. The van der Waals surface area contributed by atoms with E-state index in [1.54, 1.807) is 24.7 Å². The molecule has 0 saturated carbocycles. The number of hydrogen-bond donors (Lipinski definition) is 1. The van der Waals surface area contributed by atoms with Crippen molar-refractivity contribution in [3.05, 3.63) is 31.0 Å². The zero-order valence-electron chi connectivity index (χ0n) is 6.14. The lowest BCUT2D eigenvalue weighted by Gasteiger charge is -1.97. The summed E-state index contributed by atoms with van der Waals surface area (Å²) >= 11 is 0. The van der Waals surface area contributed by atoms with Crippen LogP contribution in [0.5, 0.6) is 11.6 Å². The first-order chi connectivity index (χ1) is 5.95. The molecule has 0 aliphatic rings. The van der Waals surface area contributed by atoms with Crippen molar-refractivity contribution in [2.45, 2.75) is 0 Å². The van der Waals surface area contributed by atoms with E-state index in [2.05, 4.69) is 20.2 Å². The highest BCUT2D eigenvalue weighted by Crippen LogP contribution is 2.14. The Kier molecular flexibility index (Phi) is 1.69. The number of rotatable bonds is 2. The lowest BCUT2D eigenvalue weighted by atomic mass is 10.6. The Hall–Kier alpha value is -1.91. The summed E-state index contributed by atoms with van der Waals surface area (Å²) in [5, 5.41) is 6.36. The molecule has 60 valence electrons. The van der Waals surface area contributed by atoms with E-state index in [0.29, 0.717) is 11.6 Å². The minimum Gasteiger partial charge on any atom is -0.436 e. The molecule has 0 atom stereocenters. The van der Waals surface area contributed by atoms with Crippen LogP contribution in [0.25, 0.3) is 0 Å². The fraction of sp³-hybridized carbons (Fsp3) is 0. The molecular formula is C7H6N4O. The van der Waals surface area contributed by atoms with Gasteiger partial charge in [0.15, 0.2) is 5.75 Å². The molecule has 0 aliphatic carbocycles. The maximum Gasteiger partial charge on any atom is 0.222 e. The van der Waals surface area contributed by atoms with Crippen LogP contribution < -0.4 is 4.74 Å². The molecule has 2 rings (SSSR count). The predicted octanol–water partition coefficient (Wildman–Crippen LogP) is 0.992. The maximum atomic E-state index is 5.27.